The van der Waals surface area contributed by atoms with Crippen molar-refractivity contribution in [1.29, 1.82) is 0 Å². The van der Waals surface area contributed by atoms with E-state index in [4.69, 9.17) is 22.1 Å². The summed E-state index contributed by atoms with van der Waals surface area (Å²) in [6.07, 6.45) is -1.55. The van der Waals surface area contributed by atoms with E-state index in [1.54, 1.807) is 25.1 Å². The summed E-state index contributed by atoms with van der Waals surface area (Å²) in [5, 5.41) is 0.355. The van der Waals surface area contributed by atoms with E-state index in [2.05, 4.69) is 0 Å². The van der Waals surface area contributed by atoms with E-state index in [-0.39, 0.29) is 13.0 Å². The van der Waals surface area contributed by atoms with Gasteiger partial charge in [-0.3, -0.25) is 4.79 Å². The van der Waals surface area contributed by atoms with Gasteiger partial charge in [-0.25, -0.2) is 8.78 Å². The second-order valence-corrected chi connectivity index (χ2v) is 5.78. The van der Waals surface area contributed by atoms with Crippen LogP contribution in [0.3, 0.4) is 0 Å². The maximum atomic E-state index is 13.2. The molecule has 116 valence electrons. The van der Waals surface area contributed by atoms with E-state index in [1.807, 2.05) is 0 Å². The molecule has 3 nitrogen and oxygen atoms in total. The number of carbonyl (C=O) groups excluding carboxylic acids is 1. The van der Waals surface area contributed by atoms with Gasteiger partial charge in [0.25, 0.3) is 0 Å². The fourth-order valence-corrected chi connectivity index (χ4v) is 2.64. The normalized spacial score (nSPS) is 17.6. The number of hydrogen-bond acceptors (Lipinski definition) is 3. The van der Waals surface area contributed by atoms with E-state index < -0.39 is 23.9 Å². The maximum absolute atomic E-state index is 13.2. The van der Waals surface area contributed by atoms with Crippen molar-refractivity contribution in [2.24, 2.45) is 5.73 Å². The van der Waals surface area contributed by atoms with E-state index in [0.29, 0.717) is 29.0 Å². The van der Waals surface area contributed by atoms with Crippen molar-refractivity contribution in [1.82, 2.24) is 0 Å². The lowest BCUT2D eigenvalue weighted by Crippen LogP contribution is -2.20. The van der Waals surface area contributed by atoms with Gasteiger partial charge >= 0.3 is 5.97 Å². The lowest BCUT2D eigenvalue weighted by molar-refractivity contribution is -0.143. The lowest BCUT2D eigenvalue weighted by atomic mass is 9.92. The average Bonchev–Trinajstić information content (AvgIpc) is 3.19. The van der Waals surface area contributed by atoms with Crippen LogP contribution in [0.25, 0.3) is 0 Å². The third-order valence-electron chi connectivity index (χ3n) is 3.82. The van der Waals surface area contributed by atoms with Gasteiger partial charge in [-0.15, -0.1) is 0 Å². The predicted octanol–water partition coefficient (Wildman–Crippen LogP) is 3.59. The molecule has 0 aromatic heterocycles. The van der Waals surface area contributed by atoms with Crippen LogP contribution in [0, 0.1) is 0 Å². The van der Waals surface area contributed by atoms with Crippen LogP contribution in [0.1, 0.15) is 43.4 Å². The molecule has 0 radical (unpaired) electrons. The maximum Gasteiger partial charge on any atom is 0.307 e. The molecule has 21 heavy (non-hydrogen) atoms. The van der Waals surface area contributed by atoms with E-state index in [1.165, 1.54) is 0 Å². The highest BCUT2D eigenvalue weighted by Crippen LogP contribution is 2.53. The zero-order valence-electron chi connectivity index (χ0n) is 11.7. The van der Waals surface area contributed by atoms with Crippen LogP contribution in [0.15, 0.2) is 18.2 Å². The van der Waals surface area contributed by atoms with Crippen LogP contribution in [-0.2, 0) is 14.9 Å². The first-order valence-corrected chi connectivity index (χ1v) is 7.27. The Kier molecular flexibility index (Phi) is 4.84. The Bertz CT molecular complexity index is 532. The number of rotatable bonds is 6. The molecule has 0 heterocycles. The van der Waals surface area contributed by atoms with Gasteiger partial charge in [-0.05, 0) is 43.0 Å². The summed E-state index contributed by atoms with van der Waals surface area (Å²) in [4.78, 5) is 11.5. The van der Waals surface area contributed by atoms with Crippen LogP contribution in [0.5, 0.6) is 0 Å². The van der Waals surface area contributed by atoms with Crippen LogP contribution in [0.2, 0.25) is 5.02 Å². The smallest absolute Gasteiger partial charge is 0.307 e. The van der Waals surface area contributed by atoms with Crippen LogP contribution in [-0.4, -0.2) is 19.0 Å². The lowest BCUT2D eigenvalue weighted by Gasteiger charge is -2.18. The molecular formula is C15H18ClF2NO2. The summed E-state index contributed by atoms with van der Waals surface area (Å²) < 4.78 is 31.2. The van der Waals surface area contributed by atoms with Gasteiger partial charge in [0, 0.05) is 11.1 Å². The molecule has 1 aromatic rings. The summed E-state index contributed by atoms with van der Waals surface area (Å²) in [5.41, 5.74) is 5.94. The number of benzene rings is 1. The Labute approximate surface area is 127 Å². The van der Waals surface area contributed by atoms with Crippen molar-refractivity contribution < 1.29 is 18.3 Å². The van der Waals surface area contributed by atoms with E-state index in [9.17, 15) is 13.6 Å². The number of halogens is 3. The first kappa shape index (κ1) is 16.2. The largest absolute Gasteiger partial charge is 0.466 e. The van der Waals surface area contributed by atoms with Gasteiger partial charge in [0.2, 0.25) is 6.43 Å². The molecule has 0 spiro atoms. The van der Waals surface area contributed by atoms with Crippen molar-refractivity contribution in [2.45, 2.75) is 44.1 Å². The molecule has 1 saturated carbocycles. The highest BCUT2D eigenvalue weighted by atomic mass is 35.5. The minimum absolute atomic E-state index is 0.00466. The highest BCUT2D eigenvalue weighted by molar-refractivity contribution is 6.30. The molecule has 0 amide bonds. The van der Waals surface area contributed by atoms with Crippen LogP contribution in [0.4, 0.5) is 8.78 Å². The molecule has 0 unspecified atom stereocenters. The van der Waals surface area contributed by atoms with Gasteiger partial charge in [-0.1, -0.05) is 17.7 Å². The van der Waals surface area contributed by atoms with Gasteiger partial charge in [-0.2, -0.15) is 0 Å². The van der Waals surface area contributed by atoms with Crippen molar-refractivity contribution in [3.8, 4) is 0 Å². The van der Waals surface area contributed by atoms with Crippen LogP contribution >= 0.6 is 11.6 Å². The molecule has 2 rings (SSSR count). The fraction of sp³-hybridized carbons (Fsp3) is 0.533. The van der Waals surface area contributed by atoms with E-state index >= 15 is 0 Å². The SMILES string of the molecule is CCOC(=O)C[C@H](N)c1cc(Cl)cc(C2(C(F)F)CC2)c1. The third-order valence-corrected chi connectivity index (χ3v) is 4.04. The monoisotopic (exact) mass is 317 g/mol. The summed E-state index contributed by atoms with van der Waals surface area (Å²) >= 11 is 6.01. The van der Waals surface area contributed by atoms with Crippen molar-refractivity contribution >= 4 is 17.6 Å². The first-order chi connectivity index (χ1) is 9.89. The topological polar surface area (TPSA) is 52.3 Å². The molecule has 1 atom stereocenters. The Morgan fingerprint density at radius 3 is 2.62 bits per heavy atom. The Morgan fingerprint density at radius 1 is 1.43 bits per heavy atom. The molecule has 6 heteroatoms. The van der Waals surface area contributed by atoms with Crippen molar-refractivity contribution in [3.05, 3.63) is 34.3 Å². The zero-order chi connectivity index (χ0) is 15.6. The standard InChI is InChI=1S/C15H18ClF2NO2/c1-2-21-13(20)8-12(19)9-5-10(7-11(16)6-9)15(3-4-15)14(17)18/h5-7,12,14H,2-4,8,19H2,1H3/t12-/m0/s1. The third kappa shape index (κ3) is 3.52. The fourth-order valence-electron chi connectivity index (χ4n) is 2.40. The second kappa shape index (κ2) is 6.28. The number of ether oxygens (including phenoxy) is 1. The molecule has 1 aromatic carbocycles. The quantitative estimate of drug-likeness (QED) is 0.816. The number of hydrogen-bond donors (Lipinski definition) is 1. The number of alkyl halides is 2. The van der Waals surface area contributed by atoms with Gasteiger partial charge in [0.05, 0.1) is 18.4 Å². The van der Waals surface area contributed by atoms with Crippen molar-refractivity contribution in [3.63, 3.8) is 0 Å². The molecular weight excluding hydrogens is 300 g/mol. The molecule has 1 aliphatic rings. The highest BCUT2D eigenvalue weighted by Gasteiger charge is 2.52. The molecule has 0 bridgehead atoms. The summed E-state index contributed by atoms with van der Waals surface area (Å²) in [7, 11) is 0. The zero-order valence-corrected chi connectivity index (χ0v) is 12.5. The molecule has 0 saturated heterocycles. The first-order valence-electron chi connectivity index (χ1n) is 6.89. The number of esters is 1. The Hall–Kier alpha value is -1.20. The summed E-state index contributed by atoms with van der Waals surface area (Å²) in [5.74, 6) is -0.415. The minimum atomic E-state index is -2.43. The van der Waals surface area contributed by atoms with Crippen molar-refractivity contribution in [2.75, 3.05) is 6.61 Å². The van der Waals surface area contributed by atoms with E-state index in [0.717, 1.165) is 0 Å². The predicted molar refractivity (Wildman–Crippen MR) is 76.5 cm³/mol. The second-order valence-electron chi connectivity index (χ2n) is 5.35. The molecule has 0 aliphatic heterocycles. The van der Waals surface area contributed by atoms with Gasteiger partial charge in [0.1, 0.15) is 0 Å². The van der Waals surface area contributed by atoms with Crippen LogP contribution < -0.4 is 5.73 Å². The summed E-state index contributed by atoms with van der Waals surface area (Å²) in [6.45, 7) is 1.99. The average molecular weight is 318 g/mol. The number of carbonyl (C=O) groups is 1. The van der Waals surface area contributed by atoms with Gasteiger partial charge < -0.3 is 10.5 Å². The summed E-state index contributed by atoms with van der Waals surface area (Å²) in [6, 6.07) is 4.18. The van der Waals surface area contributed by atoms with Gasteiger partial charge in [0.15, 0.2) is 0 Å². The Morgan fingerprint density at radius 2 is 2.10 bits per heavy atom. The molecule has 1 aliphatic carbocycles. The minimum Gasteiger partial charge on any atom is -0.466 e. The number of nitrogens with two attached hydrogens (primary N) is 1. The molecule has 1 fully saturated rings. The molecule has 2 N–H and O–H groups in total. The Balaban J connectivity index is 2.21.